The Kier molecular flexibility index (Phi) is 8.20. The van der Waals surface area contributed by atoms with E-state index in [2.05, 4.69) is 30.1 Å². The molecule has 0 saturated carbocycles. The molecule has 2 rings (SSSR count). The van der Waals surface area contributed by atoms with Gasteiger partial charge >= 0.3 is 35.3 Å². The lowest BCUT2D eigenvalue weighted by atomic mass is 9.95. The number of nitrogens with one attached hydrogen (secondary N) is 1. The standard InChI is InChI=1S/C10H12F5N2O13P3S/c11-3-1-17(8(19)16-6(3)34)7-9(12,10(13,14)15)5(18)4(28-7)2-27-32(23,24)30-33(25,26)29-31(20,21)22/h1,4-5,7,18H,2H2,(H,23,24)(H,25,26)(H,16,19,34)(H2,20,21,22)/t4-,5+,7-,9?/m1/s1. The first kappa shape index (κ1) is 29.3. The Bertz CT molecular complexity index is 1200. The predicted molar refractivity (Wildman–Crippen MR) is 95.5 cm³/mol. The molecular weight excluding hydrogens is 576 g/mol. The number of rotatable bonds is 8. The average molecular weight is 588 g/mol. The first-order valence-electron chi connectivity index (χ1n) is 7.98. The number of aromatic nitrogens is 2. The summed E-state index contributed by atoms with van der Waals surface area (Å²) in [5.74, 6) is -1.49. The van der Waals surface area contributed by atoms with E-state index in [0.717, 1.165) is 0 Å². The average Bonchev–Trinajstić information content (AvgIpc) is 2.85. The van der Waals surface area contributed by atoms with Crippen LogP contribution in [0.15, 0.2) is 11.0 Å². The maximum Gasteiger partial charge on any atom is 0.490 e. The number of ether oxygens (including phenoxy) is 1. The molecule has 0 spiro atoms. The fourth-order valence-electron chi connectivity index (χ4n) is 2.57. The van der Waals surface area contributed by atoms with E-state index in [4.69, 9.17) is 14.7 Å². The molecule has 1 fully saturated rings. The third-order valence-electron chi connectivity index (χ3n) is 3.87. The number of phosphoric acid groups is 3. The molecule has 34 heavy (non-hydrogen) atoms. The topological polar surface area (TPSA) is 227 Å². The van der Waals surface area contributed by atoms with Crippen LogP contribution in [0.5, 0.6) is 0 Å². The Morgan fingerprint density at radius 1 is 1.18 bits per heavy atom. The number of aliphatic hydroxyl groups excluding tert-OH is 1. The largest absolute Gasteiger partial charge is 0.490 e. The molecule has 2 heterocycles. The summed E-state index contributed by atoms with van der Waals surface area (Å²) in [6, 6.07) is 0. The molecule has 1 aliphatic heterocycles. The predicted octanol–water partition coefficient (Wildman–Crippen LogP) is 0.917. The summed E-state index contributed by atoms with van der Waals surface area (Å²) >= 11 is 4.37. The molecule has 1 aromatic rings. The number of alkyl halides is 4. The van der Waals surface area contributed by atoms with Crippen LogP contribution in [0.4, 0.5) is 22.0 Å². The van der Waals surface area contributed by atoms with Gasteiger partial charge in [-0.15, -0.1) is 0 Å². The van der Waals surface area contributed by atoms with Crippen LogP contribution in [-0.4, -0.2) is 64.9 Å². The lowest BCUT2D eigenvalue weighted by molar-refractivity contribution is -0.274. The second kappa shape index (κ2) is 9.51. The summed E-state index contributed by atoms with van der Waals surface area (Å²) in [6.45, 7) is -1.71. The summed E-state index contributed by atoms with van der Waals surface area (Å²) in [6.07, 6.45) is -15.0. The summed E-state index contributed by atoms with van der Waals surface area (Å²) in [4.78, 5) is 48.7. The van der Waals surface area contributed by atoms with Crippen LogP contribution < -0.4 is 5.69 Å². The van der Waals surface area contributed by atoms with Crippen LogP contribution in [-0.2, 0) is 31.6 Å². The highest BCUT2D eigenvalue weighted by Gasteiger charge is 2.73. The molecule has 0 bridgehead atoms. The van der Waals surface area contributed by atoms with E-state index >= 15 is 4.39 Å². The van der Waals surface area contributed by atoms with Crippen LogP contribution in [0.1, 0.15) is 6.23 Å². The maximum absolute atomic E-state index is 15.1. The Hall–Kier alpha value is -0.920. The van der Waals surface area contributed by atoms with E-state index in [1.54, 1.807) is 4.98 Å². The third-order valence-corrected chi connectivity index (χ3v) is 7.97. The highest BCUT2D eigenvalue weighted by Crippen LogP contribution is 2.66. The highest BCUT2D eigenvalue weighted by molar-refractivity contribution is 7.71. The van der Waals surface area contributed by atoms with Crippen LogP contribution in [0.2, 0.25) is 0 Å². The van der Waals surface area contributed by atoms with Gasteiger partial charge in [-0.1, -0.05) is 12.2 Å². The number of aromatic amines is 1. The van der Waals surface area contributed by atoms with Crippen molar-refractivity contribution in [3.63, 3.8) is 0 Å². The number of hydrogen-bond donors (Lipinski definition) is 6. The van der Waals surface area contributed by atoms with Crippen LogP contribution in [0.3, 0.4) is 0 Å². The molecule has 3 unspecified atom stereocenters. The molecule has 1 aromatic heterocycles. The Morgan fingerprint density at radius 3 is 2.24 bits per heavy atom. The first-order valence-corrected chi connectivity index (χ1v) is 12.9. The zero-order valence-electron chi connectivity index (χ0n) is 15.6. The molecule has 15 nitrogen and oxygen atoms in total. The fourth-order valence-corrected chi connectivity index (χ4v) is 5.74. The molecule has 24 heteroatoms. The quantitative estimate of drug-likeness (QED) is 0.141. The van der Waals surface area contributed by atoms with Gasteiger partial charge in [-0.25, -0.2) is 27.3 Å². The zero-order valence-corrected chi connectivity index (χ0v) is 19.1. The number of H-pyrrole nitrogens is 1. The Balaban J connectivity index is 2.33. The molecule has 0 radical (unpaired) electrons. The lowest BCUT2D eigenvalue weighted by Crippen LogP contribution is -2.55. The normalized spacial score (nSPS) is 29.5. The molecule has 196 valence electrons. The van der Waals surface area contributed by atoms with Crippen molar-refractivity contribution in [3.8, 4) is 0 Å². The second-order valence-electron chi connectivity index (χ2n) is 6.27. The van der Waals surface area contributed by atoms with Crippen LogP contribution >= 0.6 is 35.7 Å². The number of aliphatic hydroxyl groups is 1. The lowest BCUT2D eigenvalue weighted by Gasteiger charge is -2.31. The molecular formula is C10H12F5N2O13P3S. The second-order valence-corrected chi connectivity index (χ2v) is 11.1. The monoisotopic (exact) mass is 588 g/mol. The molecule has 0 aliphatic carbocycles. The van der Waals surface area contributed by atoms with Gasteiger partial charge in [0, 0.05) is 0 Å². The minimum atomic E-state index is -6.00. The number of halogens is 5. The molecule has 0 aromatic carbocycles. The van der Waals surface area contributed by atoms with Crippen LogP contribution in [0, 0.1) is 10.5 Å². The van der Waals surface area contributed by atoms with E-state index in [0.29, 0.717) is 0 Å². The van der Waals surface area contributed by atoms with Gasteiger partial charge in [-0.2, -0.15) is 21.8 Å². The smallest absolute Gasteiger partial charge is 0.386 e. The fraction of sp³-hybridized carbons (Fsp3) is 0.600. The van der Waals surface area contributed by atoms with Crippen molar-refractivity contribution in [2.24, 2.45) is 0 Å². The summed E-state index contributed by atoms with van der Waals surface area (Å²) in [5, 5.41) is 9.89. The van der Waals surface area contributed by atoms with Gasteiger partial charge in [0.25, 0.3) is 5.67 Å². The zero-order chi connectivity index (χ0) is 26.5. The summed E-state index contributed by atoms with van der Waals surface area (Å²) < 4.78 is 117. The van der Waals surface area contributed by atoms with E-state index in [1.807, 2.05) is 0 Å². The Morgan fingerprint density at radius 2 is 1.74 bits per heavy atom. The van der Waals surface area contributed by atoms with E-state index in [9.17, 15) is 46.1 Å². The van der Waals surface area contributed by atoms with Gasteiger partial charge in [0.05, 0.1) is 12.8 Å². The van der Waals surface area contributed by atoms with Crippen molar-refractivity contribution in [2.45, 2.75) is 30.3 Å². The molecule has 1 saturated heterocycles. The van der Waals surface area contributed by atoms with Crippen molar-refractivity contribution < 1.29 is 78.2 Å². The highest BCUT2D eigenvalue weighted by atomic mass is 32.1. The van der Waals surface area contributed by atoms with Crippen molar-refractivity contribution in [2.75, 3.05) is 6.61 Å². The first-order chi connectivity index (χ1) is 15.1. The third kappa shape index (κ3) is 6.44. The van der Waals surface area contributed by atoms with E-state index < -0.39 is 76.5 Å². The molecule has 6 N–H and O–H groups in total. The Labute approximate surface area is 188 Å². The molecule has 0 amide bonds. The van der Waals surface area contributed by atoms with Gasteiger partial charge in [0.15, 0.2) is 12.0 Å². The van der Waals surface area contributed by atoms with Crippen LogP contribution in [0.25, 0.3) is 0 Å². The van der Waals surface area contributed by atoms with Crippen molar-refractivity contribution in [3.05, 3.63) is 27.1 Å². The number of phosphoric ester groups is 1. The SMILES string of the molecule is O=c1[nH]c(=S)c(F)cn1[C@@H]1O[C@H](COP(=O)(O)OP(=O)(O)OP(=O)(O)O)[C@H](O)C1(F)C(F)(F)F. The molecule has 1 aliphatic rings. The minimum Gasteiger partial charge on any atom is -0.386 e. The van der Waals surface area contributed by atoms with Crippen molar-refractivity contribution in [1.82, 2.24) is 9.55 Å². The van der Waals surface area contributed by atoms with E-state index in [-0.39, 0.29) is 10.8 Å². The van der Waals surface area contributed by atoms with Gasteiger partial charge < -0.3 is 29.4 Å². The van der Waals surface area contributed by atoms with Gasteiger partial charge in [-0.05, 0) is 0 Å². The number of hydrogen-bond acceptors (Lipinski definition) is 10. The van der Waals surface area contributed by atoms with Crippen molar-refractivity contribution >= 4 is 35.7 Å². The maximum atomic E-state index is 15.1. The summed E-state index contributed by atoms with van der Waals surface area (Å²) in [7, 11) is -17.7. The van der Waals surface area contributed by atoms with E-state index in [1.165, 1.54) is 0 Å². The summed E-state index contributed by atoms with van der Waals surface area (Å²) in [5.41, 5.74) is -6.45. The molecule has 6 atom stereocenters. The van der Waals surface area contributed by atoms with Gasteiger partial charge in [-0.3, -0.25) is 14.1 Å². The van der Waals surface area contributed by atoms with Crippen molar-refractivity contribution in [1.29, 1.82) is 0 Å². The number of nitrogens with zero attached hydrogens (tertiary/aromatic N) is 1. The van der Waals surface area contributed by atoms with Gasteiger partial charge in [0.2, 0.25) is 0 Å². The minimum absolute atomic E-state index is 0.0311. The van der Waals surface area contributed by atoms with Gasteiger partial charge in [0.1, 0.15) is 16.8 Å².